The van der Waals surface area contributed by atoms with Crippen molar-refractivity contribution in [1.82, 2.24) is 8.61 Å². The predicted molar refractivity (Wildman–Crippen MR) is 96.0 cm³/mol. The van der Waals surface area contributed by atoms with E-state index in [1.807, 2.05) is 6.92 Å². The Hall–Kier alpha value is -0.170. The molecule has 3 aliphatic rings. The van der Waals surface area contributed by atoms with Gasteiger partial charge in [0.1, 0.15) is 0 Å². The molecule has 140 valence electrons. The Labute approximate surface area is 147 Å². The summed E-state index contributed by atoms with van der Waals surface area (Å²) < 4.78 is 35.6. The lowest BCUT2D eigenvalue weighted by Gasteiger charge is -2.56. The molecule has 3 fully saturated rings. The van der Waals surface area contributed by atoms with Crippen LogP contribution in [-0.4, -0.2) is 55.9 Å². The average molecular weight is 359 g/mol. The Morgan fingerprint density at radius 2 is 1.62 bits per heavy atom. The van der Waals surface area contributed by atoms with Gasteiger partial charge in [-0.3, -0.25) is 0 Å². The molecule has 0 aromatic carbocycles. The fraction of sp³-hybridized carbons (Fsp3) is 1.00. The maximum Gasteiger partial charge on any atom is 0.281 e. The second kappa shape index (κ2) is 7.22. The van der Waals surface area contributed by atoms with Crippen LogP contribution in [0, 0.1) is 5.41 Å². The summed E-state index contributed by atoms with van der Waals surface area (Å²) in [6.07, 6.45) is 11.2. The fourth-order valence-electron chi connectivity index (χ4n) is 5.36. The highest BCUT2D eigenvalue weighted by Crippen LogP contribution is 2.57. The number of rotatable bonds is 6. The molecule has 0 unspecified atom stereocenters. The number of nitrogens with zero attached hydrogens (tertiary/aromatic N) is 2. The van der Waals surface area contributed by atoms with Gasteiger partial charge in [0, 0.05) is 38.2 Å². The molecule has 2 atom stereocenters. The molecular weight excluding hydrogens is 324 g/mol. The van der Waals surface area contributed by atoms with Crippen molar-refractivity contribution in [2.75, 3.05) is 20.7 Å². The van der Waals surface area contributed by atoms with Crippen LogP contribution in [-0.2, 0) is 14.9 Å². The second-order valence-corrected chi connectivity index (χ2v) is 10.0. The first-order valence-corrected chi connectivity index (χ1v) is 11.2. The molecule has 0 radical (unpaired) electrons. The Morgan fingerprint density at radius 3 is 2.21 bits per heavy atom. The van der Waals surface area contributed by atoms with Crippen LogP contribution < -0.4 is 0 Å². The van der Waals surface area contributed by atoms with Crippen LogP contribution in [0.1, 0.15) is 71.1 Å². The van der Waals surface area contributed by atoms with Crippen molar-refractivity contribution in [2.45, 2.75) is 89.3 Å². The van der Waals surface area contributed by atoms with Gasteiger partial charge in [-0.15, -0.1) is 0 Å². The third-order valence-electron chi connectivity index (χ3n) is 6.90. The van der Waals surface area contributed by atoms with Crippen molar-refractivity contribution >= 4 is 10.2 Å². The standard InChI is InChI=1S/C18H34N2O3S/c1-4-23-17-14-16(18(17)12-8-9-13-18)20(3)24(21,22)19(2)15-10-6-5-7-11-15/h15-17H,4-14H2,1-3H3/t16-,17-/m0/s1. The summed E-state index contributed by atoms with van der Waals surface area (Å²) in [7, 11) is 0.183. The molecule has 0 aliphatic heterocycles. The van der Waals surface area contributed by atoms with Gasteiger partial charge in [0.15, 0.2) is 0 Å². The Morgan fingerprint density at radius 1 is 1.00 bits per heavy atom. The monoisotopic (exact) mass is 358 g/mol. The molecule has 0 aromatic rings. The summed E-state index contributed by atoms with van der Waals surface area (Å²) in [6, 6.07) is 0.279. The van der Waals surface area contributed by atoms with E-state index < -0.39 is 10.2 Å². The zero-order chi connectivity index (χ0) is 17.4. The highest BCUT2D eigenvalue weighted by molar-refractivity contribution is 7.86. The van der Waals surface area contributed by atoms with Gasteiger partial charge in [0.2, 0.25) is 0 Å². The third kappa shape index (κ3) is 3.04. The van der Waals surface area contributed by atoms with Crippen LogP contribution in [0.15, 0.2) is 0 Å². The molecule has 3 saturated carbocycles. The Bertz CT molecular complexity index is 524. The topological polar surface area (TPSA) is 49.9 Å². The molecule has 3 rings (SSSR count). The molecular formula is C18H34N2O3S. The maximum atomic E-state index is 13.2. The van der Waals surface area contributed by atoms with E-state index in [9.17, 15) is 8.42 Å². The number of ether oxygens (including phenoxy) is 1. The van der Waals surface area contributed by atoms with Crippen LogP contribution >= 0.6 is 0 Å². The van der Waals surface area contributed by atoms with E-state index in [0.717, 1.165) is 51.6 Å². The third-order valence-corrected chi connectivity index (χ3v) is 8.91. The van der Waals surface area contributed by atoms with Gasteiger partial charge in [0.05, 0.1) is 6.10 Å². The van der Waals surface area contributed by atoms with Gasteiger partial charge in [-0.1, -0.05) is 32.1 Å². The van der Waals surface area contributed by atoms with Crippen LogP contribution in [0.25, 0.3) is 0 Å². The predicted octanol–water partition coefficient (Wildman–Crippen LogP) is 3.17. The summed E-state index contributed by atoms with van der Waals surface area (Å²) in [5, 5.41) is 0. The SMILES string of the molecule is CCO[C@H]1C[C@H](N(C)S(=O)(=O)N(C)C2CCCCC2)C12CCCC2. The van der Waals surface area contributed by atoms with E-state index in [-0.39, 0.29) is 23.6 Å². The largest absolute Gasteiger partial charge is 0.378 e. The van der Waals surface area contributed by atoms with Crippen LogP contribution in [0.2, 0.25) is 0 Å². The minimum atomic E-state index is -3.39. The molecule has 0 saturated heterocycles. The van der Waals surface area contributed by atoms with Crippen LogP contribution in [0.4, 0.5) is 0 Å². The highest BCUT2D eigenvalue weighted by atomic mass is 32.2. The van der Waals surface area contributed by atoms with E-state index in [0.29, 0.717) is 0 Å². The molecule has 0 N–H and O–H groups in total. The van der Waals surface area contributed by atoms with Gasteiger partial charge in [-0.2, -0.15) is 17.0 Å². The maximum absolute atomic E-state index is 13.2. The molecule has 24 heavy (non-hydrogen) atoms. The first kappa shape index (κ1) is 18.6. The molecule has 5 nitrogen and oxygen atoms in total. The van der Waals surface area contributed by atoms with Crippen molar-refractivity contribution in [1.29, 1.82) is 0 Å². The average Bonchev–Trinajstić information content (AvgIpc) is 3.10. The van der Waals surface area contributed by atoms with Crippen molar-refractivity contribution in [3.8, 4) is 0 Å². The molecule has 3 aliphatic carbocycles. The van der Waals surface area contributed by atoms with E-state index in [4.69, 9.17) is 4.74 Å². The van der Waals surface area contributed by atoms with Crippen LogP contribution in [0.5, 0.6) is 0 Å². The van der Waals surface area contributed by atoms with E-state index in [1.165, 1.54) is 19.3 Å². The smallest absolute Gasteiger partial charge is 0.281 e. The molecule has 6 heteroatoms. The first-order chi connectivity index (χ1) is 11.4. The summed E-state index contributed by atoms with van der Waals surface area (Å²) in [5.74, 6) is 0. The summed E-state index contributed by atoms with van der Waals surface area (Å²) >= 11 is 0. The normalized spacial score (nSPS) is 31.0. The van der Waals surface area contributed by atoms with Crippen molar-refractivity contribution in [2.24, 2.45) is 5.41 Å². The van der Waals surface area contributed by atoms with Crippen LogP contribution in [0.3, 0.4) is 0 Å². The van der Waals surface area contributed by atoms with E-state index in [1.54, 1.807) is 22.7 Å². The minimum Gasteiger partial charge on any atom is -0.378 e. The lowest BCUT2D eigenvalue weighted by atomic mass is 9.60. The number of hydrogen-bond donors (Lipinski definition) is 0. The molecule has 0 heterocycles. The molecule has 1 spiro atoms. The second-order valence-electron chi connectivity index (χ2n) is 7.97. The Kier molecular flexibility index (Phi) is 5.60. The quantitative estimate of drug-likeness (QED) is 0.733. The minimum absolute atomic E-state index is 0.0607. The van der Waals surface area contributed by atoms with Gasteiger partial charge in [0.25, 0.3) is 10.2 Å². The summed E-state index contributed by atoms with van der Waals surface area (Å²) in [5.41, 5.74) is 0.0607. The van der Waals surface area contributed by atoms with Gasteiger partial charge in [-0.25, -0.2) is 0 Å². The zero-order valence-electron chi connectivity index (χ0n) is 15.5. The zero-order valence-corrected chi connectivity index (χ0v) is 16.4. The summed E-state index contributed by atoms with van der Waals surface area (Å²) in [4.78, 5) is 0. The first-order valence-electron chi connectivity index (χ1n) is 9.76. The van der Waals surface area contributed by atoms with Crippen molar-refractivity contribution in [3.05, 3.63) is 0 Å². The van der Waals surface area contributed by atoms with E-state index >= 15 is 0 Å². The van der Waals surface area contributed by atoms with Gasteiger partial charge in [-0.05, 0) is 39.0 Å². The molecule has 0 amide bonds. The van der Waals surface area contributed by atoms with Gasteiger partial charge < -0.3 is 4.74 Å². The molecule has 0 bridgehead atoms. The Balaban J connectivity index is 1.73. The lowest BCUT2D eigenvalue weighted by Crippen LogP contribution is -2.65. The summed E-state index contributed by atoms with van der Waals surface area (Å²) in [6.45, 7) is 2.75. The van der Waals surface area contributed by atoms with Crippen molar-refractivity contribution < 1.29 is 13.2 Å². The lowest BCUT2D eigenvalue weighted by molar-refractivity contribution is -0.146. The number of hydrogen-bond acceptors (Lipinski definition) is 3. The van der Waals surface area contributed by atoms with Crippen molar-refractivity contribution in [3.63, 3.8) is 0 Å². The van der Waals surface area contributed by atoms with E-state index in [2.05, 4.69) is 0 Å². The molecule has 0 aromatic heterocycles. The van der Waals surface area contributed by atoms with Gasteiger partial charge >= 0.3 is 0 Å². The fourth-order valence-corrected chi connectivity index (χ4v) is 6.97. The highest BCUT2D eigenvalue weighted by Gasteiger charge is 2.60.